The van der Waals surface area contributed by atoms with Crippen molar-refractivity contribution in [3.8, 4) is 0 Å². The van der Waals surface area contributed by atoms with Crippen LogP contribution < -0.4 is 10.9 Å². The fourth-order valence-corrected chi connectivity index (χ4v) is 5.33. The topological polar surface area (TPSA) is 96.4 Å². The third kappa shape index (κ3) is 3.74. The molecule has 0 radical (unpaired) electrons. The first-order chi connectivity index (χ1) is 15.9. The number of hydrogen-bond acceptors (Lipinski definition) is 5. The molecule has 1 amide bonds. The Balaban J connectivity index is 1.40. The average molecular weight is 449 g/mol. The number of fused-ring (bicyclic) bond motifs is 5. The highest BCUT2D eigenvalue weighted by molar-refractivity contribution is 6.11. The van der Waals surface area contributed by atoms with Gasteiger partial charge >= 0.3 is 5.97 Å². The van der Waals surface area contributed by atoms with Crippen LogP contribution in [0.15, 0.2) is 41.2 Å². The number of amides is 1. The number of ether oxygens (including phenoxy) is 1. The summed E-state index contributed by atoms with van der Waals surface area (Å²) in [6, 6.07) is 10.8. The number of carbonyl (C=O) groups is 2. The van der Waals surface area contributed by atoms with E-state index in [0.717, 1.165) is 35.1 Å². The third-order valence-electron chi connectivity index (χ3n) is 7.03. The lowest BCUT2D eigenvalue weighted by molar-refractivity contribution is -0.121. The maximum atomic E-state index is 13.3. The standard InChI is InChI=1S/C25H28N4O4/c1-14-7-8-19-18(9-14)22(23(26-19)25(32)33-3)27-24(31)15(2)28-11-16-10-17(13-28)20-5-4-6-21(30)29(20)12-16/h4-9,15-17,26H,10-13H2,1-3H3,(H,27,31)/t15-,16-,17+/m1/s1. The number of benzene rings is 1. The minimum Gasteiger partial charge on any atom is -0.464 e. The van der Waals surface area contributed by atoms with Gasteiger partial charge < -0.3 is 19.6 Å². The van der Waals surface area contributed by atoms with E-state index in [1.54, 1.807) is 6.07 Å². The van der Waals surface area contributed by atoms with Gasteiger partial charge in [0.25, 0.3) is 5.56 Å². The summed E-state index contributed by atoms with van der Waals surface area (Å²) in [5, 5.41) is 3.78. The maximum absolute atomic E-state index is 13.3. The van der Waals surface area contributed by atoms with Crippen molar-refractivity contribution in [2.75, 3.05) is 25.5 Å². The molecular weight excluding hydrogens is 420 g/mol. The fraction of sp³-hybridized carbons (Fsp3) is 0.400. The zero-order chi connectivity index (χ0) is 23.3. The average Bonchev–Trinajstić information content (AvgIpc) is 3.16. The smallest absolute Gasteiger partial charge is 0.356 e. The molecule has 172 valence electrons. The van der Waals surface area contributed by atoms with E-state index < -0.39 is 12.0 Å². The summed E-state index contributed by atoms with van der Waals surface area (Å²) in [7, 11) is 1.32. The second-order valence-electron chi connectivity index (χ2n) is 9.23. The molecule has 0 spiro atoms. The molecular formula is C25H28N4O4. The van der Waals surface area contributed by atoms with Gasteiger partial charge in [-0.25, -0.2) is 4.79 Å². The molecule has 2 aliphatic heterocycles. The molecule has 2 aromatic heterocycles. The lowest BCUT2D eigenvalue weighted by Gasteiger charge is -2.44. The largest absolute Gasteiger partial charge is 0.464 e. The molecule has 33 heavy (non-hydrogen) atoms. The van der Waals surface area contributed by atoms with Crippen molar-refractivity contribution in [2.45, 2.75) is 38.8 Å². The second-order valence-corrected chi connectivity index (χ2v) is 9.23. The van der Waals surface area contributed by atoms with Crippen molar-refractivity contribution < 1.29 is 14.3 Å². The summed E-state index contributed by atoms with van der Waals surface area (Å²) in [4.78, 5) is 43.3. The molecule has 4 heterocycles. The van der Waals surface area contributed by atoms with Crippen LogP contribution in [0.4, 0.5) is 5.69 Å². The summed E-state index contributed by atoms with van der Waals surface area (Å²) >= 11 is 0. The highest BCUT2D eigenvalue weighted by Gasteiger charge is 2.37. The van der Waals surface area contributed by atoms with E-state index in [-0.39, 0.29) is 23.1 Å². The number of aromatic amines is 1. The first-order valence-electron chi connectivity index (χ1n) is 11.3. The zero-order valence-electron chi connectivity index (χ0n) is 19.1. The normalized spacial score (nSPS) is 20.8. The predicted octanol–water partition coefficient (Wildman–Crippen LogP) is 2.87. The van der Waals surface area contributed by atoms with Gasteiger partial charge in [-0.2, -0.15) is 0 Å². The molecule has 5 rings (SSSR count). The second kappa shape index (κ2) is 8.19. The van der Waals surface area contributed by atoms with Crippen molar-refractivity contribution in [3.63, 3.8) is 0 Å². The Kier molecular flexibility index (Phi) is 5.32. The van der Waals surface area contributed by atoms with Gasteiger partial charge in [-0.3, -0.25) is 14.5 Å². The monoisotopic (exact) mass is 448 g/mol. The maximum Gasteiger partial charge on any atom is 0.356 e. The van der Waals surface area contributed by atoms with E-state index in [0.29, 0.717) is 24.7 Å². The van der Waals surface area contributed by atoms with Crippen LogP contribution in [0.5, 0.6) is 0 Å². The van der Waals surface area contributed by atoms with E-state index in [1.165, 1.54) is 7.11 Å². The third-order valence-corrected chi connectivity index (χ3v) is 7.03. The number of aryl methyl sites for hydroxylation is 1. The number of rotatable bonds is 4. The van der Waals surface area contributed by atoms with Gasteiger partial charge in [0.05, 0.1) is 18.8 Å². The molecule has 1 aromatic carbocycles. The highest BCUT2D eigenvalue weighted by atomic mass is 16.5. The van der Waals surface area contributed by atoms with Crippen molar-refractivity contribution in [3.05, 3.63) is 63.7 Å². The van der Waals surface area contributed by atoms with E-state index in [4.69, 9.17) is 4.74 Å². The molecule has 2 N–H and O–H groups in total. The first kappa shape index (κ1) is 21.5. The lowest BCUT2D eigenvalue weighted by Crippen LogP contribution is -2.52. The highest BCUT2D eigenvalue weighted by Crippen LogP contribution is 2.36. The Morgan fingerprint density at radius 2 is 2.00 bits per heavy atom. The van der Waals surface area contributed by atoms with E-state index in [9.17, 15) is 14.4 Å². The fourth-order valence-electron chi connectivity index (χ4n) is 5.33. The van der Waals surface area contributed by atoms with Crippen molar-refractivity contribution >= 4 is 28.5 Å². The summed E-state index contributed by atoms with van der Waals surface area (Å²) in [6.45, 7) is 6.01. The number of nitrogens with zero attached hydrogens (tertiary/aromatic N) is 2. The molecule has 0 aliphatic carbocycles. The summed E-state index contributed by atoms with van der Waals surface area (Å²) in [6.07, 6.45) is 1.03. The Labute approximate surface area is 191 Å². The molecule has 2 aliphatic rings. The molecule has 0 unspecified atom stereocenters. The van der Waals surface area contributed by atoms with E-state index >= 15 is 0 Å². The number of H-pyrrole nitrogens is 1. The lowest BCUT2D eigenvalue weighted by atomic mass is 9.82. The zero-order valence-corrected chi connectivity index (χ0v) is 19.1. The van der Waals surface area contributed by atoms with Gasteiger partial charge in [0.2, 0.25) is 5.91 Å². The molecule has 8 heteroatoms. The number of hydrogen-bond donors (Lipinski definition) is 2. The van der Waals surface area contributed by atoms with Gasteiger partial charge in [-0.1, -0.05) is 17.7 Å². The SMILES string of the molecule is COC(=O)c1[nH]c2ccc(C)cc2c1NC(=O)[C@@H](C)N1C[C@H]2C[C@@H](C1)c1cccc(=O)n1C2. The summed E-state index contributed by atoms with van der Waals surface area (Å²) in [5.74, 6) is -0.148. The number of carbonyl (C=O) groups excluding carboxylic acids is 2. The van der Waals surface area contributed by atoms with Crippen LogP contribution in [-0.2, 0) is 16.1 Å². The minimum atomic E-state index is -0.527. The number of piperidine rings is 1. The van der Waals surface area contributed by atoms with Crippen molar-refractivity contribution in [1.82, 2.24) is 14.5 Å². The predicted molar refractivity (Wildman–Crippen MR) is 126 cm³/mol. The van der Waals surface area contributed by atoms with Crippen LogP contribution in [0.25, 0.3) is 10.9 Å². The van der Waals surface area contributed by atoms with Gasteiger partial charge in [0.15, 0.2) is 0 Å². The van der Waals surface area contributed by atoms with Crippen molar-refractivity contribution in [2.24, 2.45) is 5.92 Å². The molecule has 1 fully saturated rings. The van der Waals surface area contributed by atoms with Gasteiger partial charge in [-0.15, -0.1) is 0 Å². The Morgan fingerprint density at radius 3 is 2.79 bits per heavy atom. The van der Waals surface area contributed by atoms with Crippen LogP contribution in [0.3, 0.4) is 0 Å². The van der Waals surface area contributed by atoms with E-state index in [2.05, 4.69) is 15.2 Å². The first-order valence-corrected chi connectivity index (χ1v) is 11.3. The van der Waals surface area contributed by atoms with Crippen LogP contribution in [0, 0.1) is 12.8 Å². The molecule has 2 bridgehead atoms. The number of esters is 1. The van der Waals surface area contributed by atoms with Crippen molar-refractivity contribution in [1.29, 1.82) is 0 Å². The Bertz CT molecular complexity index is 1310. The Hall–Kier alpha value is -3.39. The molecule has 0 saturated carbocycles. The van der Waals surface area contributed by atoms with Crippen LogP contribution >= 0.6 is 0 Å². The quantitative estimate of drug-likeness (QED) is 0.599. The van der Waals surface area contributed by atoms with Crippen LogP contribution in [-0.4, -0.2) is 52.6 Å². The van der Waals surface area contributed by atoms with Gasteiger partial charge in [-0.05, 0) is 44.4 Å². The number of methoxy groups -OCH3 is 1. The van der Waals surface area contributed by atoms with Crippen LogP contribution in [0.1, 0.15) is 41.0 Å². The molecule has 3 atom stereocenters. The van der Waals surface area contributed by atoms with E-state index in [1.807, 2.05) is 48.7 Å². The Morgan fingerprint density at radius 1 is 1.18 bits per heavy atom. The number of nitrogens with one attached hydrogen (secondary N) is 2. The molecule has 1 saturated heterocycles. The van der Waals surface area contributed by atoms with Gasteiger partial charge in [0, 0.05) is 48.2 Å². The van der Waals surface area contributed by atoms with Gasteiger partial charge in [0.1, 0.15) is 5.69 Å². The summed E-state index contributed by atoms with van der Waals surface area (Å²) < 4.78 is 6.82. The van der Waals surface area contributed by atoms with Crippen LogP contribution in [0.2, 0.25) is 0 Å². The number of pyridine rings is 1. The number of likely N-dealkylation sites (tertiary alicyclic amines) is 1. The molecule has 8 nitrogen and oxygen atoms in total. The number of aromatic nitrogens is 2. The molecule has 3 aromatic rings. The minimum absolute atomic E-state index is 0.0476. The summed E-state index contributed by atoms with van der Waals surface area (Å²) in [5.41, 5.74) is 3.58. The number of anilines is 1.